The minimum atomic E-state index is -0.445. The normalized spacial score (nSPS) is 16.3. The lowest BCUT2D eigenvalue weighted by Gasteiger charge is -2.42. The van der Waals surface area contributed by atoms with Crippen molar-refractivity contribution in [3.05, 3.63) is 60.8 Å². The Labute approximate surface area is 134 Å². The van der Waals surface area contributed by atoms with Crippen LogP contribution < -0.4 is 4.90 Å². The van der Waals surface area contributed by atoms with Crippen molar-refractivity contribution < 1.29 is 5.11 Å². The molecule has 1 atom stereocenters. The van der Waals surface area contributed by atoms with E-state index in [0.717, 1.165) is 41.7 Å². The molecule has 0 saturated carbocycles. The van der Waals surface area contributed by atoms with Gasteiger partial charge in [-0.2, -0.15) is 0 Å². The van der Waals surface area contributed by atoms with Gasteiger partial charge < -0.3 is 10.0 Å². The molecular formula is C18H18N4O. The molecule has 0 spiro atoms. The second kappa shape index (κ2) is 5.93. The lowest BCUT2D eigenvalue weighted by Crippen LogP contribution is -2.47. The highest BCUT2D eigenvalue weighted by molar-refractivity contribution is 5.89. The zero-order valence-electron chi connectivity index (χ0n) is 12.7. The monoisotopic (exact) mass is 306 g/mol. The quantitative estimate of drug-likeness (QED) is 0.802. The van der Waals surface area contributed by atoms with Crippen LogP contribution in [-0.2, 0) is 0 Å². The molecule has 1 saturated heterocycles. The minimum Gasteiger partial charge on any atom is -0.388 e. The molecule has 1 fully saturated rings. The van der Waals surface area contributed by atoms with Crippen LogP contribution in [0.4, 0.5) is 5.69 Å². The molecule has 0 radical (unpaired) electrons. The Morgan fingerprint density at radius 3 is 2.78 bits per heavy atom. The van der Waals surface area contributed by atoms with E-state index in [0.29, 0.717) is 5.92 Å². The van der Waals surface area contributed by atoms with Crippen LogP contribution in [0.3, 0.4) is 0 Å². The first-order valence-corrected chi connectivity index (χ1v) is 7.83. The summed E-state index contributed by atoms with van der Waals surface area (Å²) in [6.07, 6.45) is 9.31. The second-order valence-electron chi connectivity index (χ2n) is 6.04. The maximum absolute atomic E-state index is 10.3. The van der Waals surface area contributed by atoms with E-state index in [1.54, 1.807) is 12.4 Å². The van der Waals surface area contributed by atoms with E-state index in [2.05, 4.69) is 19.9 Å². The Kier molecular flexibility index (Phi) is 3.63. The molecule has 23 heavy (non-hydrogen) atoms. The molecular weight excluding hydrogens is 288 g/mol. The molecule has 1 aliphatic heterocycles. The van der Waals surface area contributed by atoms with Gasteiger partial charge in [-0.3, -0.25) is 15.0 Å². The molecule has 0 aromatic carbocycles. The molecule has 3 aromatic heterocycles. The van der Waals surface area contributed by atoms with Crippen molar-refractivity contribution in [2.24, 2.45) is 5.92 Å². The molecule has 3 aromatic rings. The fourth-order valence-corrected chi connectivity index (χ4v) is 3.16. The molecule has 5 heteroatoms. The third-order valence-corrected chi connectivity index (χ3v) is 4.42. The van der Waals surface area contributed by atoms with E-state index in [4.69, 9.17) is 0 Å². The van der Waals surface area contributed by atoms with Crippen LogP contribution in [0.2, 0.25) is 0 Å². The van der Waals surface area contributed by atoms with Crippen molar-refractivity contribution in [3.63, 3.8) is 0 Å². The first-order valence-electron chi connectivity index (χ1n) is 7.83. The number of aliphatic hydroxyl groups is 1. The van der Waals surface area contributed by atoms with E-state index >= 15 is 0 Å². The van der Waals surface area contributed by atoms with Gasteiger partial charge in [-0.25, -0.2) is 0 Å². The van der Waals surface area contributed by atoms with Gasteiger partial charge in [0.15, 0.2) is 0 Å². The number of nitrogens with zero attached hydrogens (tertiary/aromatic N) is 4. The van der Waals surface area contributed by atoms with Crippen molar-refractivity contribution >= 4 is 16.6 Å². The molecule has 5 nitrogen and oxygen atoms in total. The number of hydrogen-bond acceptors (Lipinski definition) is 5. The summed E-state index contributed by atoms with van der Waals surface area (Å²) in [5.41, 5.74) is 2.96. The van der Waals surface area contributed by atoms with Gasteiger partial charge in [0.25, 0.3) is 0 Å². The largest absolute Gasteiger partial charge is 0.388 e. The van der Waals surface area contributed by atoms with Gasteiger partial charge in [0.1, 0.15) is 0 Å². The van der Waals surface area contributed by atoms with Gasteiger partial charge >= 0.3 is 0 Å². The summed E-state index contributed by atoms with van der Waals surface area (Å²) in [6.45, 7) is 1.85. The van der Waals surface area contributed by atoms with Crippen LogP contribution in [0.5, 0.6) is 0 Å². The standard InChI is InChI=1S/C18H18N4O/c23-17(14-3-1-5-19-8-14)7-13-11-22(12-13)16-10-20-9-15-4-2-6-21-18(15)16/h1-6,8-10,13,17,23H,7,11-12H2. The van der Waals surface area contributed by atoms with E-state index in [9.17, 15) is 5.11 Å². The lowest BCUT2D eigenvalue weighted by atomic mass is 9.90. The van der Waals surface area contributed by atoms with Gasteiger partial charge in [0.2, 0.25) is 0 Å². The smallest absolute Gasteiger partial charge is 0.0966 e. The first-order chi connectivity index (χ1) is 11.3. The van der Waals surface area contributed by atoms with Crippen molar-refractivity contribution in [2.75, 3.05) is 18.0 Å². The van der Waals surface area contributed by atoms with Crippen LogP contribution in [0.25, 0.3) is 10.9 Å². The number of anilines is 1. The molecule has 1 aliphatic rings. The molecule has 0 bridgehead atoms. The SMILES string of the molecule is OC(CC1CN(c2cncc3cccnc23)C1)c1cccnc1. The van der Waals surface area contributed by atoms with Crippen molar-refractivity contribution in [3.8, 4) is 0 Å². The van der Waals surface area contributed by atoms with E-state index in [1.807, 2.05) is 42.9 Å². The van der Waals surface area contributed by atoms with Crippen LogP contribution >= 0.6 is 0 Å². The first kappa shape index (κ1) is 14.1. The Morgan fingerprint density at radius 2 is 1.96 bits per heavy atom. The Bertz CT molecular complexity index is 797. The van der Waals surface area contributed by atoms with E-state index < -0.39 is 6.10 Å². The number of aliphatic hydroxyl groups excluding tert-OH is 1. The number of hydrogen-bond donors (Lipinski definition) is 1. The lowest BCUT2D eigenvalue weighted by molar-refractivity contribution is 0.134. The highest BCUT2D eigenvalue weighted by atomic mass is 16.3. The average Bonchev–Trinajstić information content (AvgIpc) is 2.58. The van der Waals surface area contributed by atoms with E-state index in [1.165, 1.54) is 0 Å². The van der Waals surface area contributed by atoms with Crippen LogP contribution in [0, 0.1) is 5.92 Å². The maximum Gasteiger partial charge on any atom is 0.0966 e. The zero-order chi connectivity index (χ0) is 15.6. The molecule has 0 aliphatic carbocycles. The van der Waals surface area contributed by atoms with Crippen LogP contribution in [0.15, 0.2) is 55.2 Å². The topological polar surface area (TPSA) is 62.1 Å². The summed E-state index contributed by atoms with van der Waals surface area (Å²) in [5, 5.41) is 11.4. The fraction of sp³-hybridized carbons (Fsp3) is 0.278. The zero-order valence-corrected chi connectivity index (χ0v) is 12.7. The second-order valence-corrected chi connectivity index (χ2v) is 6.04. The number of fused-ring (bicyclic) bond motifs is 1. The maximum atomic E-state index is 10.3. The predicted octanol–water partition coefficient (Wildman–Crippen LogP) is 2.58. The van der Waals surface area contributed by atoms with Gasteiger partial charge in [-0.15, -0.1) is 0 Å². The van der Waals surface area contributed by atoms with Gasteiger partial charge in [-0.05, 0) is 36.1 Å². The average molecular weight is 306 g/mol. The molecule has 0 amide bonds. The minimum absolute atomic E-state index is 0.445. The fourth-order valence-electron chi connectivity index (χ4n) is 3.16. The third-order valence-electron chi connectivity index (χ3n) is 4.42. The number of rotatable bonds is 4. The Hall–Kier alpha value is -2.53. The Morgan fingerprint density at radius 1 is 1.09 bits per heavy atom. The van der Waals surface area contributed by atoms with Crippen LogP contribution in [-0.4, -0.2) is 33.1 Å². The van der Waals surface area contributed by atoms with Crippen molar-refractivity contribution in [1.29, 1.82) is 0 Å². The predicted molar refractivity (Wildman–Crippen MR) is 89.1 cm³/mol. The highest BCUT2D eigenvalue weighted by Gasteiger charge is 2.30. The Balaban J connectivity index is 1.43. The summed E-state index contributed by atoms with van der Waals surface area (Å²) in [7, 11) is 0. The summed E-state index contributed by atoms with van der Waals surface area (Å²) in [6, 6.07) is 7.74. The van der Waals surface area contributed by atoms with Crippen molar-refractivity contribution in [2.45, 2.75) is 12.5 Å². The summed E-state index contributed by atoms with van der Waals surface area (Å²) in [5.74, 6) is 0.476. The molecule has 116 valence electrons. The third kappa shape index (κ3) is 2.75. The molecule has 1 N–H and O–H groups in total. The van der Waals surface area contributed by atoms with Gasteiger partial charge in [0, 0.05) is 43.3 Å². The summed E-state index contributed by atoms with van der Waals surface area (Å²) < 4.78 is 0. The molecule has 4 heterocycles. The highest BCUT2D eigenvalue weighted by Crippen LogP contribution is 2.33. The summed E-state index contributed by atoms with van der Waals surface area (Å²) >= 11 is 0. The number of aromatic nitrogens is 3. The van der Waals surface area contributed by atoms with Gasteiger partial charge in [-0.1, -0.05) is 6.07 Å². The van der Waals surface area contributed by atoms with Crippen LogP contribution in [0.1, 0.15) is 18.1 Å². The van der Waals surface area contributed by atoms with E-state index in [-0.39, 0.29) is 0 Å². The van der Waals surface area contributed by atoms with Crippen molar-refractivity contribution in [1.82, 2.24) is 15.0 Å². The molecule has 4 rings (SSSR count). The summed E-state index contributed by atoms with van der Waals surface area (Å²) in [4.78, 5) is 15.1. The number of pyridine rings is 3. The van der Waals surface area contributed by atoms with Gasteiger partial charge in [0.05, 0.1) is 23.5 Å². The molecule has 1 unspecified atom stereocenters.